The average Bonchev–Trinajstić information content (AvgIpc) is 2.49. The van der Waals surface area contributed by atoms with Crippen LogP contribution in [0.1, 0.15) is 58.8 Å². The Morgan fingerprint density at radius 1 is 1.09 bits per heavy atom. The second-order valence-electron chi connectivity index (χ2n) is 6.24. The number of aliphatic hydroxyl groups is 3. The van der Waals surface area contributed by atoms with Crippen LogP contribution in [-0.4, -0.2) is 63.2 Å². The van der Waals surface area contributed by atoms with Gasteiger partial charge in [0.1, 0.15) is 18.3 Å². The van der Waals surface area contributed by atoms with E-state index in [1.807, 2.05) is 0 Å². The highest BCUT2D eigenvalue weighted by molar-refractivity contribution is 5.67. The number of ether oxygens (including phenoxy) is 2. The second-order valence-corrected chi connectivity index (χ2v) is 6.24. The first-order chi connectivity index (χ1) is 10.9. The van der Waals surface area contributed by atoms with E-state index in [4.69, 9.17) is 14.6 Å². The van der Waals surface area contributed by atoms with Gasteiger partial charge in [0.15, 0.2) is 6.29 Å². The molecular weight excluding hydrogens is 304 g/mol. The lowest BCUT2D eigenvalue weighted by atomic mass is 9.99. The van der Waals surface area contributed by atoms with Gasteiger partial charge >= 0.3 is 5.97 Å². The van der Waals surface area contributed by atoms with Crippen LogP contribution in [0.3, 0.4) is 0 Å². The van der Waals surface area contributed by atoms with Gasteiger partial charge in [0.2, 0.25) is 0 Å². The van der Waals surface area contributed by atoms with Gasteiger partial charge in [-0.05, 0) is 13.3 Å². The van der Waals surface area contributed by atoms with Crippen molar-refractivity contribution in [2.75, 3.05) is 0 Å². The summed E-state index contributed by atoms with van der Waals surface area (Å²) >= 11 is 0. The molecule has 4 N–H and O–H groups in total. The predicted molar refractivity (Wildman–Crippen MR) is 82.9 cm³/mol. The molecule has 7 heteroatoms. The van der Waals surface area contributed by atoms with Crippen molar-refractivity contribution in [2.24, 2.45) is 0 Å². The van der Waals surface area contributed by atoms with E-state index in [0.717, 1.165) is 32.1 Å². The van der Waals surface area contributed by atoms with Crippen molar-refractivity contribution in [3.05, 3.63) is 0 Å². The summed E-state index contributed by atoms with van der Waals surface area (Å²) in [6, 6.07) is 0. The molecule has 0 saturated carbocycles. The monoisotopic (exact) mass is 334 g/mol. The zero-order chi connectivity index (χ0) is 17.4. The highest BCUT2D eigenvalue weighted by Gasteiger charge is 2.43. The summed E-state index contributed by atoms with van der Waals surface area (Å²) in [5, 5.41) is 38.4. The molecule has 0 aromatic rings. The summed E-state index contributed by atoms with van der Waals surface area (Å²) in [5.41, 5.74) is 0. The molecule has 1 aliphatic heterocycles. The second kappa shape index (κ2) is 10.2. The van der Waals surface area contributed by atoms with Crippen molar-refractivity contribution in [3.63, 3.8) is 0 Å². The SMILES string of the molecule is CCCCCCC[C@@H](CC(=O)O)O[C@@H]1O[C@H](C)[C@@H](O)[C@H](O)[C@@H]1O. The molecule has 1 saturated heterocycles. The normalized spacial score (nSPS) is 32.7. The van der Waals surface area contributed by atoms with E-state index in [-0.39, 0.29) is 6.42 Å². The molecule has 0 aromatic carbocycles. The Hall–Kier alpha value is -0.730. The fraction of sp³-hybridized carbons (Fsp3) is 0.938. The number of rotatable bonds is 10. The first-order valence-corrected chi connectivity index (χ1v) is 8.43. The van der Waals surface area contributed by atoms with E-state index in [0.29, 0.717) is 6.42 Å². The van der Waals surface area contributed by atoms with Crippen molar-refractivity contribution in [1.29, 1.82) is 0 Å². The van der Waals surface area contributed by atoms with Gasteiger partial charge in [0.05, 0.1) is 18.6 Å². The van der Waals surface area contributed by atoms with E-state index in [1.54, 1.807) is 6.92 Å². The lowest BCUT2D eigenvalue weighted by Gasteiger charge is -2.40. The summed E-state index contributed by atoms with van der Waals surface area (Å²) < 4.78 is 10.9. The van der Waals surface area contributed by atoms with Crippen molar-refractivity contribution in [2.45, 2.75) is 95.6 Å². The summed E-state index contributed by atoms with van der Waals surface area (Å²) in [4.78, 5) is 11.0. The number of aliphatic carboxylic acids is 1. The van der Waals surface area contributed by atoms with Crippen LogP contribution in [0.15, 0.2) is 0 Å². The minimum absolute atomic E-state index is 0.187. The zero-order valence-electron chi connectivity index (χ0n) is 13.9. The Labute approximate surface area is 137 Å². The molecule has 1 aliphatic rings. The molecule has 0 aliphatic carbocycles. The number of aliphatic hydroxyl groups excluding tert-OH is 3. The number of carbonyl (C=O) groups is 1. The molecule has 0 spiro atoms. The van der Waals surface area contributed by atoms with Gasteiger partial charge in [-0.3, -0.25) is 4.79 Å². The minimum atomic E-state index is -1.41. The number of carboxylic acids is 1. The lowest BCUT2D eigenvalue weighted by Crippen LogP contribution is -2.58. The van der Waals surface area contributed by atoms with E-state index < -0.39 is 42.8 Å². The smallest absolute Gasteiger partial charge is 0.305 e. The van der Waals surface area contributed by atoms with Crippen LogP contribution in [0.2, 0.25) is 0 Å². The van der Waals surface area contributed by atoms with Crippen LogP contribution >= 0.6 is 0 Å². The number of carboxylic acid groups (broad SMARTS) is 1. The first kappa shape index (κ1) is 20.3. The molecule has 6 atom stereocenters. The van der Waals surface area contributed by atoms with Crippen LogP contribution in [0, 0.1) is 0 Å². The van der Waals surface area contributed by atoms with Crippen molar-refractivity contribution in [3.8, 4) is 0 Å². The Morgan fingerprint density at radius 3 is 2.35 bits per heavy atom. The molecule has 0 aromatic heterocycles. The maximum absolute atomic E-state index is 11.0. The zero-order valence-corrected chi connectivity index (χ0v) is 13.9. The molecule has 136 valence electrons. The lowest BCUT2D eigenvalue weighted by molar-refractivity contribution is -0.304. The highest BCUT2D eigenvalue weighted by Crippen LogP contribution is 2.24. The Morgan fingerprint density at radius 2 is 1.74 bits per heavy atom. The van der Waals surface area contributed by atoms with E-state index >= 15 is 0 Å². The van der Waals surface area contributed by atoms with Gasteiger partial charge in [-0.1, -0.05) is 39.0 Å². The molecule has 7 nitrogen and oxygen atoms in total. The summed E-state index contributed by atoms with van der Waals surface area (Å²) in [6.07, 6.45) is -0.829. The number of unbranched alkanes of at least 4 members (excludes halogenated alkanes) is 4. The van der Waals surface area contributed by atoms with E-state index in [9.17, 15) is 20.1 Å². The predicted octanol–water partition coefficient (Wildman–Crippen LogP) is 1.03. The molecule has 1 heterocycles. The Kier molecular flexibility index (Phi) is 9.01. The molecule has 1 fully saturated rings. The Balaban J connectivity index is 2.52. The van der Waals surface area contributed by atoms with Crippen molar-refractivity contribution >= 4 is 5.97 Å². The van der Waals surface area contributed by atoms with Gasteiger partial charge in [-0.15, -0.1) is 0 Å². The average molecular weight is 334 g/mol. The van der Waals surface area contributed by atoms with Crippen LogP contribution in [-0.2, 0) is 14.3 Å². The molecule has 0 radical (unpaired) electrons. The number of hydrogen-bond acceptors (Lipinski definition) is 6. The fourth-order valence-corrected chi connectivity index (χ4v) is 2.70. The van der Waals surface area contributed by atoms with Crippen LogP contribution in [0.4, 0.5) is 0 Å². The molecule has 0 amide bonds. The third-order valence-corrected chi connectivity index (χ3v) is 4.17. The van der Waals surface area contributed by atoms with Crippen LogP contribution in [0.5, 0.6) is 0 Å². The van der Waals surface area contributed by atoms with Crippen LogP contribution < -0.4 is 0 Å². The molecule has 23 heavy (non-hydrogen) atoms. The van der Waals surface area contributed by atoms with E-state index in [2.05, 4.69) is 6.92 Å². The topological polar surface area (TPSA) is 116 Å². The maximum Gasteiger partial charge on any atom is 0.305 e. The minimum Gasteiger partial charge on any atom is -0.481 e. The largest absolute Gasteiger partial charge is 0.481 e. The van der Waals surface area contributed by atoms with Gasteiger partial charge in [-0.25, -0.2) is 0 Å². The Bertz CT molecular complexity index is 349. The first-order valence-electron chi connectivity index (χ1n) is 8.43. The van der Waals surface area contributed by atoms with Gasteiger partial charge < -0.3 is 29.9 Å². The molecule has 0 unspecified atom stereocenters. The van der Waals surface area contributed by atoms with E-state index in [1.165, 1.54) is 0 Å². The fourth-order valence-electron chi connectivity index (χ4n) is 2.70. The van der Waals surface area contributed by atoms with Crippen molar-refractivity contribution < 1.29 is 34.7 Å². The summed E-state index contributed by atoms with van der Waals surface area (Å²) in [7, 11) is 0. The molecular formula is C16H30O7. The van der Waals surface area contributed by atoms with Gasteiger partial charge in [-0.2, -0.15) is 0 Å². The molecule has 1 rings (SSSR count). The van der Waals surface area contributed by atoms with Crippen molar-refractivity contribution in [1.82, 2.24) is 0 Å². The quantitative estimate of drug-likeness (QED) is 0.441. The van der Waals surface area contributed by atoms with Gasteiger partial charge in [0.25, 0.3) is 0 Å². The summed E-state index contributed by atoms with van der Waals surface area (Å²) in [6.45, 7) is 3.69. The standard InChI is InChI=1S/C16H30O7/c1-3-4-5-6-7-8-11(9-12(17)18)23-16-15(21)14(20)13(19)10(2)22-16/h10-11,13-16,19-21H,3-9H2,1-2H3,(H,17,18)/t10-,11+,13-,14+,15+,16+/m1/s1. The summed E-state index contributed by atoms with van der Waals surface area (Å²) in [5.74, 6) is -0.984. The molecule has 0 bridgehead atoms. The number of hydrogen-bond donors (Lipinski definition) is 4. The highest BCUT2D eigenvalue weighted by atomic mass is 16.7. The van der Waals surface area contributed by atoms with Crippen LogP contribution in [0.25, 0.3) is 0 Å². The van der Waals surface area contributed by atoms with Gasteiger partial charge in [0, 0.05) is 0 Å². The third-order valence-electron chi connectivity index (χ3n) is 4.17. The third kappa shape index (κ3) is 6.73. The maximum atomic E-state index is 11.0.